The maximum Gasteiger partial charge on any atom is 0.233 e. The smallest absolute Gasteiger partial charge is 0.233 e. The van der Waals surface area contributed by atoms with Crippen LogP contribution in [-0.2, 0) is 14.3 Å². The third kappa shape index (κ3) is 1.80. The molecule has 1 saturated heterocycles. The number of ether oxygens (including phenoxy) is 1. The zero-order valence-corrected chi connectivity index (χ0v) is 8.20. The van der Waals surface area contributed by atoms with Gasteiger partial charge in [0.15, 0.2) is 0 Å². The van der Waals surface area contributed by atoms with E-state index in [4.69, 9.17) is 4.74 Å². The van der Waals surface area contributed by atoms with Crippen molar-refractivity contribution >= 4 is 11.7 Å². The maximum atomic E-state index is 11.9. The first kappa shape index (κ1) is 9.65. The van der Waals surface area contributed by atoms with Gasteiger partial charge in [0.1, 0.15) is 5.78 Å². The molecule has 1 heterocycles. The second-order valence-corrected chi connectivity index (χ2v) is 3.85. The van der Waals surface area contributed by atoms with Crippen LogP contribution in [0.5, 0.6) is 0 Å². The Bertz CT molecular complexity index is 246. The summed E-state index contributed by atoms with van der Waals surface area (Å²) in [7, 11) is 0. The highest BCUT2D eigenvalue weighted by Gasteiger charge is 2.34. The summed E-state index contributed by atoms with van der Waals surface area (Å²) in [5.74, 6) is -0.189. The number of carbonyl (C=O) groups excluding carboxylic acids is 2. The summed E-state index contributed by atoms with van der Waals surface area (Å²) in [4.78, 5) is 25.0. The molecule has 2 rings (SSSR count). The lowest BCUT2D eigenvalue weighted by Gasteiger charge is -2.28. The van der Waals surface area contributed by atoms with Crippen molar-refractivity contribution in [2.24, 2.45) is 5.92 Å². The van der Waals surface area contributed by atoms with E-state index in [9.17, 15) is 9.59 Å². The number of nitrogens with zero attached hydrogens (tertiary/aromatic N) is 1. The van der Waals surface area contributed by atoms with Crippen molar-refractivity contribution < 1.29 is 14.3 Å². The number of ketones is 1. The molecule has 0 radical (unpaired) electrons. The molecule has 0 spiro atoms. The Morgan fingerprint density at radius 2 is 2.07 bits per heavy atom. The Kier molecular flexibility index (Phi) is 2.82. The molecule has 2 fully saturated rings. The molecule has 1 saturated carbocycles. The first-order valence-electron chi connectivity index (χ1n) is 5.18. The molecule has 2 aliphatic rings. The first-order valence-corrected chi connectivity index (χ1v) is 5.18. The van der Waals surface area contributed by atoms with E-state index in [1.165, 1.54) is 0 Å². The SMILES string of the molecule is O=C1CCCC1C(=O)N1CCOCC1. The number of hydrogen-bond acceptors (Lipinski definition) is 3. The quantitative estimate of drug-likeness (QED) is 0.565. The van der Waals surface area contributed by atoms with Crippen LogP contribution < -0.4 is 0 Å². The lowest BCUT2D eigenvalue weighted by Crippen LogP contribution is -2.44. The molecule has 0 bridgehead atoms. The average molecular weight is 197 g/mol. The third-order valence-electron chi connectivity index (χ3n) is 2.93. The number of Topliss-reactive ketones (excluding diaryl/α,β-unsaturated/α-hetero) is 1. The third-order valence-corrected chi connectivity index (χ3v) is 2.93. The Hall–Kier alpha value is -0.900. The molecule has 0 aromatic carbocycles. The topological polar surface area (TPSA) is 46.6 Å². The van der Waals surface area contributed by atoms with Crippen LogP contribution in [-0.4, -0.2) is 42.9 Å². The van der Waals surface area contributed by atoms with E-state index < -0.39 is 0 Å². The highest BCUT2D eigenvalue weighted by Crippen LogP contribution is 2.23. The number of carbonyl (C=O) groups is 2. The fraction of sp³-hybridized carbons (Fsp3) is 0.800. The van der Waals surface area contributed by atoms with E-state index in [0.29, 0.717) is 32.7 Å². The summed E-state index contributed by atoms with van der Waals surface area (Å²) in [5, 5.41) is 0. The minimum Gasteiger partial charge on any atom is -0.378 e. The number of rotatable bonds is 1. The van der Waals surface area contributed by atoms with E-state index in [1.807, 2.05) is 0 Å². The van der Waals surface area contributed by atoms with Gasteiger partial charge in [-0.25, -0.2) is 0 Å². The molecule has 1 amide bonds. The van der Waals surface area contributed by atoms with Crippen LogP contribution in [0.1, 0.15) is 19.3 Å². The van der Waals surface area contributed by atoms with Gasteiger partial charge in [0.2, 0.25) is 5.91 Å². The summed E-state index contributed by atoms with van der Waals surface area (Å²) in [6.45, 7) is 2.49. The van der Waals surface area contributed by atoms with Gasteiger partial charge < -0.3 is 9.64 Å². The molecule has 0 aromatic heterocycles. The van der Waals surface area contributed by atoms with Crippen LogP contribution in [0.2, 0.25) is 0 Å². The van der Waals surface area contributed by atoms with Gasteiger partial charge in [-0.05, 0) is 12.8 Å². The van der Waals surface area contributed by atoms with Crippen molar-refractivity contribution in [3.05, 3.63) is 0 Å². The van der Waals surface area contributed by atoms with E-state index in [0.717, 1.165) is 12.8 Å². The predicted octanol–water partition coefficient (Wildman–Crippen LogP) is 0.214. The highest BCUT2D eigenvalue weighted by atomic mass is 16.5. The number of hydrogen-bond donors (Lipinski definition) is 0. The molecule has 0 aromatic rings. The van der Waals surface area contributed by atoms with E-state index in [1.54, 1.807) is 4.90 Å². The highest BCUT2D eigenvalue weighted by molar-refractivity contribution is 6.02. The van der Waals surface area contributed by atoms with Crippen molar-refractivity contribution in [2.75, 3.05) is 26.3 Å². The fourth-order valence-corrected chi connectivity index (χ4v) is 2.08. The average Bonchev–Trinajstić information content (AvgIpc) is 2.65. The lowest BCUT2D eigenvalue weighted by atomic mass is 10.1. The molecule has 4 heteroatoms. The lowest BCUT2D eigenvalue weighted by molar-refractivity contribution is -0.143. The summed E-state index contributed by atoms with van der Waals surface area (Å²) < 4.78 is 5.16. The van der Waals surface area contributed by atoms with Gasteiger partial charge in [0.25, 0.3) is 0 Å². The Balaban J connectivity index is 1.96. The summed E-state index contributed by atoms with van der Waals surface area (Å²) in [6, 6.07) is 0. The van der Waals surface area contributed by atoms with Crippen LogP contribution in [0.3, 0.4) is 0 Å². The van der Waals surface area contributed by atoms with Crippen molar-refractivity contribution in [1.29, 1.82) is 0 Å². The summed E-state index contributed by atoms with van der Waals surface area (Å²) >= 11 is 0. The van der Waals surface area contributed by atoms with E-state index in [-0.39, 0.29) is 17.6 Å². The van der Waals surface area contributed by atoms with Gasteiger partial charge in [0.05, 0.1) is 19.1 Å². The molecule has 78 valence electrons. The molecule has 1 aliphatic carbocycles. The van der Waals surface area contributed by atoms with Gasteiger partial charge >= 0.3 is 0 Å². The second kappa shape index (κ2) is 4.09. The monoisotopic (exact) mass is 197 g/mol. The van der Waals surface area contributed by atoms with Gasteiger partial charge in [-0.15, -0.1) is 0 Å². The van der Waals surface area contributed by atoms with Crippen LogP contribution in [0, 0.1) is 5.92 Å². The fourth-order valence-electron chi connectivity index (χ4n) is 2.08. The molecule has 14 heavy (non-hydrogen) atoms. The largest absolute Gasteiger partial charge is 0.378 e. The van der Waals surface area contributed by atoms with Gasteiger partial charge in [-0.3, -0.25) is 9.59 Å². The molecule has 0 N–H and O–H groups in total. The van der Waals surface area contributed by atoms with E-state index >= 15 is 0 Å². The maximum absolute atomic E-state index is 11.9. The van der Waals surface area contributed by atoms with Crippen molar-refractivity contribution in [3.8, 4) is 0 Å². The minimum atomic E-state index is -0.340. The summed E-state index contributed by atoms with van der Waals surface area (Å²) in [6.07, 6.45) is 2.20. The van der Waals surface area contributed by atoms with Gasteiger partial charge in [-0.1, -0.05) is 0 Å². The molecule has 1 aliphatic heterocycles. The number of morpholine rings is 1. The van der Waals surface area contributed by atoms with Crippen molar-refractivity contribution in [2.45, 2.75) is 19.3 Å². The Morgan fingerprint density at radius 1 is 1.36 bits per heavy atom. The molecule has 1 atom stereocenters. The minimum absolute atomic E-state index is 0.0239. The Labute approximate surface area is 83.2 Å². The zero-order valence-electron chi connectivity index (χ0n) is 8.20. The van der Waals surface area contributed by atoms with Crippen LogP contribution in [0.25, 0.3) is 0 Å². The second-order valence-electron chi connectivity index (χ2n) is 3.85. The first-order chi connectivity index (χ1) is 6.79. The zero-order chi connectivity index (χ0) is 9.97. The van der Waals surface area contributed by atoms with Crippen molar-refractivity contribution in [3.63, 3.8) is 0 Å². The Morgan fingerprint density at radius 3 is 2.64 bits per heavy atom. The van der Waals surface area contributed by atoms with Gasteiger partial charge in [0, 0.05) is 19.5 Å². The molecule has 1 unspecified atom stereocenters. The van der Waals surface area contributed by atoms with Crippen LogP contribution >= 0.6 is 0 Å². The molecular formula is C10H15NO3. The van der Waals surface area contributed by atoms with Crippen molar-refractivity contribution in [1.82, 2.24) is 4.90 Å². The number of amides is 1. The summed E-state index contributed by atoms with van der Waals surface area (Å²) in [5.41, 5.74) is 0. The van der Waals surface area contributed by atoms with E-state index in [2.05, 4.69) is 0 Å². The normalized spacial score (nSPS) is 28.1. The predicted molar refractivity (Wildman–Crippen MR) is 49.7 cm³/mol. The van der Waals surface area contributed by atoms with Gasteiger partial charge in [-0.2, -0.15) is 0 Å². The van der Waals surface area contributed by atoms with Crippen LogP contribution in [0.4, 0.5) is 0 Å². The molecule has 4 nitrogen and oxygen atoms in total. The van der Waals surface area contributed by atoms with Crippen LogP contribution in [0.15, 0.2) is 0 Å². The standard InChI is InChI=1S/C10H15NO3/c12-9-3-1-2-8(9)10(13)11-4-6-14-7-5-11/h8H,1-7H2. The molecular weight excluding hydrogens is 182 g/mol.